The van der Waals surface area contributed by atoms with Crippen molar-refractivity contribution in [3.8, 4) is 0 Å². The van der Waals surface area contributed by atoms with Crippen LogP contribution in [0.1, 0.15) is 44.7 Å². The van der Waals surface area contributed by atoms with Crippen molar-refractivity contribution in [2.24, 2.45) is 5.92 Å². The zero-order valence-electron chi connectivity index (χ0n) is 12.4. The molecule has 2 aromatic rings. The number of ketones is 1. The summed E-state index contributed by atoms with van der Waals surface area (Å²) in [6.45, 7) is 8.02. The van der Waals surface area contributed by atoms with Crippen LogP contribution in [-0.2, 0) is 4.74 Å². The van der Waals surface area contributed by atoms with E-state index in [0.717, 1.165) is 17.4 Å². The van der Waals surface area contributed by atoms with Crippen LogP contribution in [0.15, 0.2) is 34.7 Å². The molecule has 1 aromatic carbocycles. The predicted molar refractivity (Wildman–Crippen MR) is 77.9 cm³/mol. The van der Waals surface area contributed by atoms with Crippen LogP contribution in [0.2, 0.25) is 0 Å². The Hall–Kier alpha value is -1.61. The Bertz CT molecular complexity index is 631. The number of hydrogen-bond donors (Lipinski definition) is 0. The third-order valence-electron chi connectivity index (χ3n) is 4.06. The molecular weight excluding hydrogens is 252 g/mol. The monoisotopic (exact) mass is 272 g/mol. The molecule has 0 amide bonds. The summed E-state index contributed by atoms with van der Waals surface area (Å²) in [5.41, 5.74) is 0.0295. The SMILES string of the molecule is CC1(C)CC(C(=O)c2cc3ccccc3o2)C(C)(C)O1. The van der Waals surface area contributed by atoms with Crippen molar-refractivity contribution < 1.29 is 13.9 Å². The zero-order valence-corrected chi connectivity index (χ0v) is 12.4. The summed E-state index contributed by atoms with van der Waals surface area (Å²) < 4.78 is 11.7. The number of rotatable bonds is 2. The Labute approximate surface area is 118 Å². The molecule has 106 valence electrons. The lowest BCUT2D eigenvalue weighted by Crippen LogP contribution is -2.33. The Morgan fingerprint density at radius 2 is 1.90 bits per heavy atom. The minimum atomic E-state index is -0.459. The molecule has 0 aliphatic carbocycles. The lowest BCUT2D eigenvalue weighted by Gasteiger charge is -2.26. The number of Topliss-reactive ketones (excluding diaryl/α,β-unsaturated/α-hetero) is 1. The molecule has 1 saturated heterocycles. The maximum atomic E-state index is 12.7. The fourth-order valence-corrected chi connectivity index (χ4v) is 3.25. The van der Waals surface area contributed by atoms with Crippen molar-refractivity contribution in [3.63, 3.8) is 0 Å². The van der Waals surface area contributed by atoms with Crippen LogP contribution in [-0.4, -0.2) is 17.0 Å². The van der Waals surface area contributed by atoms with E-state index in [1.54, 1.807) is 0 Å². The summed E-state index contributed by atoms with van der Waals surface area (Å²) in [4.78, 5) is 12.7. The Kier molecular flexibility index (Phi) is 2.80. The van der Waals surface area contributed by atoms with E-state index in [1.807, 2.05) is 58.0 Å². The van der Waals surface area contributed by atoms with E-state index in [4.69, 9.17) is 9.15 Å². The lowest BCUT2D eigenvalue weighted by molar-refractivity contribution is -0.0713. The van der Waals surface area contributed by atoms with Gasteiger partial charge in [0, 0.05) is 5.39 Å². The molecule has 1 unspecified atom stereocenters. The van der Waals surface area contributed by atoms with Crippen molar-refractivity contribution in [2.75, 3.05) is 0 Å². The zero-order chi connectivity index (χ0) is 14.5. The van der Waals surface area contributed by atoms with Crippen molar-refractivity contribution in [2.45, 2.75) is 45.3 Å². The third kappa shape index (κ3) is 2.16. The maximum Gasteiger partial charge on any atom is 0.204 e. The second-order valence-corrected chi connectivity index (χ2v) is 6.73. The fourth-order valence-electron chi connectivity index (χ4n) is 3.25. The lowest BCUT2D eigenvalue weighted by atomic mass is 9.83. The molecule has 1 atom stereocenters. The summed E-state index contributed by atoms with van der Waals surface area (Å²) in [6, 6.07) is 9.52. The van der Waals surface area contributed by atoms with Crippen LogP contribution in [0.5, 0.6) is 0 Å². The smallest absolute Gasteiger partial charge is 0.204 e. The first kappa shape index (κ1) is 13.4. The van der Waals surface area contributed by atoms with Crippen molar-refractivity contribution in [1.29, 1.82) is 0 Å². The summed E-state index contributed by atoms with van der Waals surface area (Å²) in [5, 5.41) is 0.965. The highest BCUT2D eigenvalue weighted by atomic mass is 16.5. The molecule has 3 heteroatoms. The number of furan rings is 1. The molecule has 3 rings (SSSR count). The van der Waals surface area contributed by atoms with E-state index in [9.17, 15) is 4.79 Å². The van der Waals surface area contributed by atoms with E-state index in [-0.39, 0.29) is 17.3 Å². The highest BCUT2D eigenvalue weighted by Crippen LogP contribution is 2.43. The van der Waals surface area contributed by atoms with Gasteiger partial charge in [-0.2, -0.15) is 0 Å². The summed E-state index contributed by atoms with van der Waals surface area (Å²) >= 11 is 0. The minimum Gasteiger partial charge on any atom is -0.453 e. The molecule has 0 radical (unpaired) electrons. The largest absolute Gasteiger partial charge is 0.453 e. The molecule has 0 N–H and O–H groups in total. The highest BCUT2D eigenvalue weighted by molar-refractivity contribution is 5.99. The third-order valence-corrected chi connectivity index (χ3v) is 4.06. The quantitative estimate of drug-likeness (QED) is 0.769. The van der Waals surface area contributed by atoms with Gasteiger partial charge in [0.1, 0.15) is 5.58 Å². The van der Waals surface area contributed by atoms with Gasteiger partial charge in [0.05, 0.1) is 17.1 Å². The van der Waals surface area contributed by atoms with Crippen LogP contribution < -0.4 is 0 Å². The van der Waals surface area contributed by atoms with Crippen molar-refractivity contribution in [3.05, 3.63) is 36.1 Å². The predicted octanol–water partition coefficient (Wildman–Crippen LogP) is 4.21. The van der Waals surface area contributed by atoms with Gasteiger partial charge in [0.2, 0.25) is 5.78 Å². The average Bonchev–Trinajstić information content (AvgIpc) is 2.85. The van der Waals surface area contributed by atoms with E-state index in [0.29, 0.717) is 5.76 Å². The van der Waals surface area contributed by atoms with Crippen molar-refractivity contribution >= 4 is 16.8 Å². The first-order chi connectivity index (χ1) is 9.28. The van der Waals surface area contributed by atoms with Gasteiger partial charge in [0.25, 0.3) is 0 Å². The topological polar surface area (TPSA) is 39.4 Å². The van der Waals surface area contributed by atoms with Gasteiger partial charge in [-0.15, -0.1) is 0 Å². The van der Waals surface area contributed by atoms with Gasteiger partial charge in [-0.3, -0.25) is 4.79 Å². The Morgan fingerprint density at radius 3 is 2.50 bits per heavy atom. The number of ether oxygens (including phenoxy) is 1. The number of carbonyl (C=O) groups excluding carboxylic acids is 1. The maximum absolute atomic E-state index is 12.7. The number of hydrogen-bond acceptors (Lipinski definition) is 3. The molecule has 0 bridgehead atoms. The van der Waals surface area contributed by atoms with E-state index in [1.165, 1.54) is 0 Å². The van der Waals surface area contributed by atoms with Crippen LogP contribution >= 0.6 is 0 Å². The molecule has 0 saturated carbocycles. The summed E-state index contributed by atoms with van der Waals surface area (Å²) in [5.74, 6) is 0.306. The van der Waals surface area contributed by atoms with Gasteiger partial charge >= 0.3 is 0 Å². The first-order valence-electron chi connectivity index (χ1n) is 7.01. The number of fused-ring (bicyclic) bond motifs is 1. The standard InChI is InChI=1S/C17H20O3/c1-16(2)10-12(17(3,4)20-16)15(18)14-9-11-7-5-6-8-13(11)19-14/h5-9,12H,10H2,1-4H3. The molecule has 0 spiro atoms. The Morgan fingerprint density at radius 1 is 1.20 bits per heavy atom. The molecule has 3 nitrogen and oxygen atoms in total. The van der Waals surface area contributed by atoms with Gasteiger partial charge in [-0.05, 0) is 46.2 Å². The van der Waals surface area contributed by atoms with E-state index in [2.05, 4.69) is 0 Å². The molecule has 1 aromatic heterocycles. The average molecular weight is 272 g/mol. The van der Waals surface area contributed by atoms with Crippen molar-refractivity contribution in [1.82, 2.24) is 0 Å². The molecule has 1 aliphatic rings. The van der Waals surface area contributed by atoms with Gasteiger partial charge in [-0.1, -0.05) is 18.2 Å². The van der Waals surface area contributed by atoms with Crippen LogP contribution in [0.4, 0.5) is 0 Å². The van der Waals surface area contributed by atoms with E-state index < -0.39 is 5.60 Å². The van der Waals surface area contributed by atoms with Crippen LogP contribution in [0, 0.1) is 5.92 Å². The summed E-state index contributed by atoms with van der Waals surface area (Å²) in [7, 11) is 0. The second-order valence-electron chi connectivity index (χ2n) is 6.73. The first-order valence-corrected chi connectivity index (χ1v) is 7.01. The molecule has 20 heavy (non-hydrogen) atoms. The molecular formula is C17H20O3. The minimum absolute atomic E-state index is 0.0387. The second kappa shape index (κ2) is 4.19. The van der Waals surface area contributed by atoms with Crippen LogP contribution in [0.25, 0.3) is 11.0 Å². The molecule has 1 fully saturated rings. The van der Waals surface area contributed by atoms with Gasteiger partial charge in [-0.25, -0.2) is 0 Å². The molecule has 2 heterocycles. The normalized spacial score (nSPS) is 24.1. The van der Waals surface area contributed by atoms with Gasteiger partial charge in [0.15, 0.2) is 5.76 Å². The molecule has 1 aliphatic heterocycles. The van der Waals surface area contributed by atoms with E-state index >= 15 is 0 Å². The van der Waals surface area contributed by atoms with Gasteiger partial charge < -0.3 is 9.15 Å². The number of para-hydroxylation sites is 1. The highest BCUT2D eigenvalue weighted by Gasteiger charge is 2.50. The summed E-state index contributed by atoms with van der Waals surface area (Å²) in [6.07, 6.45) is 0.718. The number of benzene rings is 1. The fraction of sp³-hybridized carbons (Fsp3) is 0.471. The Balaban J connectivity index is 1.96. The van der Waals surface area contributed by atoms with Crippen LogP contribution in [0.3, 0.4) is 0 Å². The number of carbonyl (C=O) groups is 1.